The second-order valence-electron chi connectivity index (χ2n) is 5.89. The molecule has 4 aromatic rings. The van der Waals surface area contributed by atoms with Gasteiger partial charge >= 0.3 is 0 Å². The summed E-state index contributed by atoms with van der Waals surface area (Å²) in [4.78, 5) is 20.0. The summed E-state index contributed by atoms with van der Waals surface area (Å²) in [6.07, 6.45) is 1.72. The van der Waals surface area contributed by atoms with Crippen LogP contribution in [-0.4, -0.2) is 15.9 Å². The van der Waals surface area contributed by atoms with Gasteiger partial charge in [-0.05, 0) is 47.2 Å². The third-order valence-corrected chi connectivity index (χ3v) is 4.13. The van der Waals surface area contributed by atoms with E-state index in [1.54, 1.807) is 30.5 Å². The minimum Gasteiger partial charge on any atom is -0.366 e. The predicted molar refractivity (Wildman–Crippen MR) is 103 cm³/mol. The number of fused-ring (bicyclic) bond motifs is 1. The Balaban J connectivity index is 1.62. The van der Waals surface area contributed by atoms with Crippen molar-refractivity contribution in [1.29, 1.82) is 0 Å². The second-order valence-corrected chi connectivity index (χ2v) is 5.89. The second kappa shape index (κ2) is 6.64. The number of rotatable bonds is 4. The smallest absolute Gasteiger partial charge is 0.248 e. The van der Waals surface area contributed by atoms with Crippen molar-refractivity contribution in [3.05, 3.63) is 84.6 Å². The first-order valence-electron chi connectivity index (χ1n) is 8.18. The summed E-state index contributed by atoms with van der Waals surface area (Å²) in [5, 5.41) is 5.50. The van der Waals surface area contributed by atoms with Gasteiger partial charge in [0.05, 0.1) is 5.69 Å². The lowest BCUT2D eigenvalue weighted by Gasteiger charge is -2.08. The van der Waals surface area contributed by atoms with E-state index >= 15 is 0 Å². The van der Waals surface area contributed by atoms with Gasteiger partial charge in [-0.15, -0.1) is 0 Å². The number of anilines is 2. The van der Waals surface area contributed by atoms with E-state index in [0.29, 0.717) is 11.5 Å². The molecule has 26 heavy (non-hydrogen) atoms. The summed E-state index contributed by atoms with van der Waals surface area (Å²) in [5.41, 5.74) is 8.36. The van der Waals surface area contributed by atoms with E-state index in [9.17, 15) is 4.79 Å². The zero-order chi connectivity index (χ0) is 17.9. The van der Waals surface area contributed by atoms with Crippen LogP contribution in [0.3, 0.4) is 0 Å². The van der Waals surface area contributed by atoms with Crippen molar-refractivity contribution in [3.63, 3.8) is 0 Å². The van der Waals surface area contributed by atoms with E-state index in [2.05, 4.69) is 45.6 Å². The number of hydrogen-bond acceptors (Lipinski definition) is 4. The number of nitrogens with zero attached hydrogens (tertiary/aromatic N) is 2. The van der Waals surface area contributed by atoms with E-state index in [4.69, 9.17) is 5.73 Å². The van der Waals surface area contributed by atoms with Crippen LogP contribution in [0.2, 0.25) is 0 Å². The predicted octanol–water partition coefficient (Wildman–Crippen LogP) is 4.14. The summed E-state index contributed by atoms with van der Waals surface area (Å²) in [6.45, 7) is 0. The van der Waals surface area contributed by atoms with Crippen molar-refractivity contribution in [2.24, 2.45) is 5.73 Å². The van der Waals surface area contributed by atoms with Crippen LogP contribution in [0, 0.1) is 0 Å². The highest BCUT2D eigenvalue weighted by molar-refractivity contribution is 5.93. The molecule has 0 radical (unpaired) electrons. The average molecular weight is 340 g/mol. The quantitative estimate of drug-likeness (QED) is 0.585. The number of carbonyl (C=O) groups is 1. The summed E-state index contributed by atoms with van der Waals surface area (Å²) < 4.78 is 0. The molecule has 1 heterocycles. The van der Waals surface area contributed by atoms with Crippen LogP contribution in [0.1, 0.15) is 10.4 Å². The van der Waals surface area contributed by atoms with Crippen LogP contribution in [0.15, 0.2) is 79.0 Å². The first-order chi connectivity index (χ1) is 12.7. The Kier molecular flexibility index (Phi) is 4.03. The highest BCUT2D eigenvalue weighted by Gasteiger charge is 2.05. The molecule has 126 valence electrons. The SMILES string of the molecule is NC(=O)c1ccc(Nc2nccc(-c3ccc4ccccc4c3)n2)cc1. The van der Waals surface area contributed by atoms with Gasteiger partial charge in [0.15, 0.2) is 0 Å². The lowest BCUT2D eigenvalue weighted by Crippen LogP contribution is -2.10. The Morgan fingerprint density at radius 2 is 1.65 bits per heavy atom. The van der Waals surface area contributed by atoms with Crippen molar-refractivity contribution in [2.75, 3.05) is 5.32 Å². The average Bonchev–Trinajstić information content (AvgIpc) is 2.68. The largest absolute Gasteiger partial charge is 0.366 e. The zero-order valence-electron chi connectivity index (χ0n) is 13.9. The fourth-order valence-corrected chi connectivity index (χ4v) is 2.78. The number of nitrogens with two attached hydrogens (primary N) is 1. The summed E-state index contributed by atoms with van der Waals surface area (Å²) in [5.74, 6) is 0.0357. The normalized spacial score (nSPS) is 10.6. The highest BCUT2D eigenvalue weighted by Crippen LogP contribution is 2.24. The molecular weight excluding hydrogens is 324 g/mol. The van der Waals surface area contributed by atoms with Crippen LogP contribution in [0.25, 0.3) is 22.0 Å². The summed E-state index contributed by atoms with van der Waals surface area (Å²) >= 11 is 0. The maximum Gasteiger partial charge on any atom is 0.248 e. The Morgan fingerprint density at radius 1 is 0.885 bits per heavy atom. The lowest BCUT2D eigenvalue weighted by molar-refractivity contribution is 0.100. The molecular formula is C21H16N4O. The molecule has 1 amide bonds. The van der Waals surface area contributed by atoms with Gasteiger partial charge in [-0.25, -0.2) is 9.97 Å². The number of carbonyl (C=O) groups excluding carboxylic acids is 1. The number of benzene rings is 3. The standard InChI is InChI=1S/C21H16N4O/c22-20(26)15-7-9-18(10-8-15)24-21-23-12-11-19(25-21)17-6-5-14-3-1-2-4-16(14)13-17/h1-13H,(H2,22,26)(H,23,24,25). The monoisotopic (exact) mass is 340 g/mol. The van der Waals surface area contributed by atoms with Crippen LogP contribution >= 0.6 is 0 Å². The number of nitrogens with one attached hydrogen (secondary N) is 1. The Labute approximate surface area is 150 Å². The maximum absolute atomic E-state index is 11.1. The molecule has 0 aliphatic heterocycles. The topological polar surface area (TPSA) is 80.9 Å². The molecule has 0 saturated carbocycles. The molecule has 0 saturated heterocycles. The molecule has 0 spiro atoms. The van der Waals surface area contributed by atoms with Gasteiger partial charge in [0.25, 0.3) is 0 Å². The molecule has 0 aliphatic carbocycles. The third kappa shape index (κ3) is 3.23. The summed E-state index contributed by atoms with van der Waals surface area (Å²) in [7, 11) is 0. The molecule has 3 N–H and O–H groups in total. The minimum atomic E-state index is -0.453. The van der Waals surface area contributed by atoms with E-state index in [-0.39, 0.29) is 0 Å². The van der Waals surface area contributed by atoms with Crippen LogP contribution in [0.5, 0.6) is 0 Å². The van der Waals surface area contributed by atoms with E-state index in [0.717, 1.165) is 16.9 Å². The first kappa shape index (κ1) is 15.8. The molecule has 1 aromatic heterocycles. The molecule has 0 unspecified atom stereocenters. The van der Waals surface area contributed by atoms with Crippen molar-refractivity contribution in [1.82, 2.24) is 9.97 Å². The van der Waals surface area contributed by atoms with Crippen molar-refractivity contribution in [3.8, 4) is 11.3 Å². The lowest BCUT2D eigenvalue weighted by atomic mass is 10.1. The molecule has 0 atom stereocenters. The number of aromatic nitrogens is 2. The fraction of sp³-hybridized carbons (Fsp3) is 0. The van der Waals surface area contributed by atoms with Gasteiger partial charge < -0.3 is 11.1 Å². The first-order valence-corrected chi connectivity index (χ1v) is 8.18. The molecule has 5 heteroatoms. The molecule has 5 nitrogen and oxygen atoms in total. The van der Waals surface area contributed by atoms with Crippen molar-refractivity contribution in [2.45, 2.75) is 0 Å². The zero-order valence-corrected chi connectivity index (χ0v) is 13.9. The summed E-state index contributed by atoms with van der Waals surface area (Å²) in [6, 6.07) is 23.2. The van der Waals surface area contributed by atoms with Gasteiger partial charge in [-0.1, -0.05) is 36.4 Å². The number of amides is 1. The van der Waals surface area contributed by atoms with E-state index in [1.165, 1.54) is 10.8 Å². The number of primary amides is 1. The van der Waals surface area contributed by atoms with Crippen LogP contribution in [0.4, 0.5) is 11.6 Å². The molecule has 4 rings (SSSR count). The minimum absolute atomic E-state index is 0.453. The molecule has 0 bridgehead atoms. The Morgan fingerprint density at radius 3 is 2.42 bits per heavy atom. The fourth-order valence-electron chi connectivity index (χ4n) is 2.78. The Hall–Kier alpha value is -3.73. The molecule has 0 fully saturated rings. The maximum atomic E-state index is 11.1. The van der Waals surface area contributed by atoms with Crippen molar-refractivity contribution >= 4 is 28.3 Å². The molecule has 0 aliphatic rings. The van der Waals surface area contributed by atoms with E-state index < -0.39 is 5.91 Å². The van der Waals surface area contributed by atoms with Gasteiger partial charge in [-0.2, -0.15) is 0 Å². The van der Waals surface area contributed by atoms with E-state index in [1.807, 2.05) is 18.2 Å². The number of hydrogen-bond donors (Lipinski definition) is 2. The van der Waals surface area contributed by atoms with Crippen LogP contribution < -0.4 is 11.1 Å². The highest BCUT2D eigenvalue weighted by atomic mass is 16.1. The van der Waals surface area contributed by atoms with Crippen molar-refractivity contribution < 1.29 is 4.79 Å². The van der Waals surface area contributed by atoms with Gasteiger partial charge in [0, 0.05) is 23.0 Å². The Bertz CT molecular complexity index is 1090. The van der Waals surface area contributed by atoms with Crippen LogP contribution in [-0.2, 0) is 0 Å². The third-order valence-electron chi connectivity index (χ3n) is 4.13. The van der Waals surface area contributed by atoms with Gasteiger partial charge in [-0.3, -0.25) is 4.79 Å². The van der Waals surface area contributed by atoms with Gasteiger partial charge in [0.1, 0.15) is 0 Å². The molecule has 3 aromatic carbocycles. The van der Waals surface area contributed by atoms with Gasteiger partial charge in [0.2, 0.25) is 11.9 Å².